The minimum absolute atomic E-state index is 0.307. The van der Waals surface area contributed by atoms with Gasteiger partial charge in [-0.15, -0.1) is 0 Å². The first-order chi connectivity index (χ1) is 10.9. The molecular formula is C16H14ClN3O3. The van der Waals surface area contributed by atoms with Crippen LogP contribution in [0.1, 0.15) is 15.9 Å². The number of hydrogen-bond acceptors (Lipinski definition) is 3. The second-order valence-corrected chi connectivity index (χ2v) is 5.22. The lowest BCUT2D eigenvalue weighted by molar-refractivity contribution is -0.132. The minimum atomic E-state index is -0.839. The highest BCUT2D eigenvalue weighted by molar-refractivity contribution is 6.43. The molecule has 23 heavy (non-hydrogen) atoms. The molecule has 4 N–H and O–H groups in total. The molecule has 0 aliphatic rings. The molecule has 0 atom stereocenters. The van der Waals surface area contributed by atoms with Crippen molar-refractivity contribution in [3.05, 3.63) is 58.6 Å². The van der Waals surface area contributed by atoms with Gasteiger partial charge in [0.15, 0.2) is 0 Å². The second kappa shape index (κ2) is 6.93. The van der Waals surface area contributed by atoms with Crippen molar-refractivity contribution in [2.75, 3.05) is 10.6 Å². The molecule has 0 aromatic heterocycles. The number of nitrogens with one attached hydrogen (secondary N) is 2. The van der Waals surface area contributed by atoms with E-state index < -0.39 is 17.7 Å². The molecule has 0 spiro atoms. The average Bonchev–Trinajstić information content (AvgIpc) is 2.51. The van der Waals surface area contributed by atoms with Crippen molar-refractivity contribution < 1.29 is 14.4 Å². The average molecular weight is 332 g/mol. The molecule has 0 aliphatic carbocycles. The van der Waals surface area contributed by atoms with E-state index in [1.807, 2.05) is 6.92 Å². The highest BCUT2D eigenvalue weighted by Gasteiger charge is 2.14. The lowest BCUT2D eigenvalue weighted by atomic mass is 10.2. The van der Waals surface area contributed by atoms with Gasteiger partial charge in [0.05, 0.1) is 0 Å². The predicted octanol–water partition coefficient (Wildman–Crippen LogP) is 2.32. The van der Waals surface area contributed by atoms with Gasteiger partial charge in [0, 0.05) is 22.0 Å². The summed E-state index contributed by atoms with van der Waals surface area (Å²) >= 11 is 5.96. The van der Waals surface area contributed by atoms with E-state index in [-0.39, 0.29) is 0 Å². The summed E-state index contributed by atoms with van der Waals surface area (Å²) in [5.41, 5.74) is 7.09. The first-order valence-electron chi connectivity index (χ1n) is 6.65. The van der Waals surface area contributed by atoms with Crippen molar-refractivity contribution in [3.8, 4) is 0 Å². The third-order valence-electron chi connectivity index (χ3n) is 3.06. The Balaban J connectivity index is 2.00. The Kier molecular flexibility index (Phi) is 4.98. The molecule has 0 heterocycles. The number of carbonyl (C=O) groups is 3. The highest BCUT2D eigenvalue weighted by atomic mass is 35.5. The van der Waals surface area contributed by atoms with Gasteiger partial charge in [-0.05, 0) is 48.9 Å². The Morgan fingerprint density at radius 2 is 1.43 bits per heavy atom. The summed E-state index contributed by atoms with van der Waals surface area (Å²) in [6.45, 7) is 1.83. The largest absolute Gasteiger partial charge is 0.366 e. The predicted molar refractivity (Wildman–Crippen MR) is 88.4 cm³/mol. The number of primary amides is 1. The number of carbonyl (C=O) groups excluding carboxylic acids is 3. The van der Waals surface area contributed by atoms with Crippen molar-refractivity contribution in [2.24, 2.45) is 5.73 Å². The van der Waals surface area contributed by atoms with E-state index in [1.54, 1.807) is 18.2 Å². The maximum Gasteiger partial charge on any atom is 0.314 e. The van der Waals surface area contributed by atoms with Gasteiger partial charge in [-0.1, -0.05) is 17.7 Å². The van der Waals surface area contributed by atoms with E-state index in [2.05, 4.69) is 10.6 Å². The maximum atomic E-state index is 11.8. The van der Waals surface area contributed by atoms with Gasteiger partial charge in [0.25, 0.3) is 0 Å². The van der Waals surface area contributed by atoms with Crippen molar-refractivity contribution in [2.45, 2.75) is 6.92 Å². The molecule has 6 nitrogen and oxygen atoms in total. The number of hydrogen-bond donors (Lipinski definition) is 3. The first-order valence-corrected chi connectivity index (χ1v) is 7.03. The van der Waals surface area contributed by atoms with Crippen molar-refractivity contribution in [1.29, 1.82) is 0 Å². The summed E-state index contributed by atoms with van der Waals surface area (Å²) in [7, 11) is 0. The van der Waals surface area contributed by atoms with Crippen LogP contribution in [0.3, 0.4) is 0 Å². The summed E-state index contributed by atoms with van der Waals surface area (Å²) in [6, 6.07) is 10.8. The van der Waals surface area contributed by atoms with Crippen LogP contribution in [0.4, 0.5) is 11.4 Å². The molecule has 0 saturated heterocycles. The van der Waals surface area contributed by atoms with Crippen LogP contribution in [0, 0.1) is 6.92 Å². The molecule has 0 radical (unpaired) electrons. The van der Waals surface area contributed by atoms with Crippen LogP contribution in [0.5, 0.6) is 0 Å². The first kappa shape index (κ1) is 16.5. The zero-order chi connectivity index (χ0) is 17.0. The van der Waals surface area contributed by atoms with E-state index in [9.17, 15) is 14.4 Å². The zero-order valence-corrected chi connectivity index (χ0v) is 13.0. The molecule has 0 fully saturated rings. The van der Waals surface area contributed by atoms with Crippen LogP contribution in [-0.4, -0.2) is 17.7 Å². The van der Waals surface area contributed by atoms with Crippen LogP contribution >= 0.6 is 11.6 Å². The van der Waals surface area contributed by atoms with E-state index >= 15 is 0 Å². The molecule has 2 aromatic rings. The summed E-state index contributed by atoms with van der Waals surface area (Å²) in [6.07, 6.45) is 0. The second-order valence-electron chi connectivity index (χ2n) is 4.81. The number of anilines is 2. The number of benzene rings is 2. The monoisotopic (exact) mass is 331 g/mol. The molecular weight excluding hydrogens is 318 g/mol. The van der Waals surface area contributed by atoms with Gasteiger partial charge in [-0.2, -0.15) is 0 Å². The van der Waals surface area contributed by atoms with Crippen LogP contribution in [0.2, 0.25) is 5.02 Å². The van der Waals surface area contributed by atoms with Gasteiger partial charge in [-0.3, -0.25) is 14.4 Å². The van der Waals surface area contributed by atoms with Gasteiger partial charge in [0.2, 0.25) is 5.91 Å². The van der Waals surface area contributed by atoms with Crippen molar-refractivity contribution in [1.82, 2.24) is 0 Å². The molecule has 0 saturated carbocycles. The van der Waals surface area contributed by atoms with E-state index in [4.69, 9.17) is 17.3 Å². The number of nitrogens with two attached hydrogens (primary N) is 1. The molecule has 2 rings (SSSR count). The highest BCUT2D eigenvalue weighted by Crippen LogP contribution is 2.20. The molecule has 0 aliphatic heterocycles. The van der Waals surface area contributed by atoms with Crippen LogP contribution in [0.25, 0.3) is 0 Å². The van der Waals surface area contributed by atoms with Gasteiger partial charge in [0.1, 0.15) is 0 Å². The van der Waals surface area contributed by atoms with Gasteiger partial charge in [-0.25, -0.2) is 0 Å². The summed E-state index contributed by atoms with van der Waals surface area (Å²) in [5, 5.41) is 5.36. The molecule has 118 valence electrons. The summed E-state index contributed by atoms with van der Waals surface area (Å²) in [5.74, 6) is -2.24. The fraction of sp³-hybridized carbons (Fsp3) is 0.0625. The number of rotatable bonds is 3. The lowest BCUT2D eigenvalue weighted by Crippen LogP contribution is -2.29. The fourth-order valence-electron chi connectivity index (χ4n) is 1.76. The van der Waals surface area contributed by atoms with E-state index in [0.29, 0.717) is 22.0 Å². The smallest absolute Gasteiger partial charge is 0.314 e. The van der Waals surface area contributed by atoms with Crippen LogP contribution in [0.15, 0.2) is 42.5 Å². The molecule has 0 bridgehead atoms. The fourth-order valence-corrected chi connectivity index (χ4v) is 1.94. The standard InChI is InChI=1S/C16H14ClN3O3/c1-9-2-5-12(8-13(9)17)20-16(23)15(22)19-11-6-3-10(4-7-11)14(18)21/h2-8H,1H3,(H2,18,21)(H,19,22)(H,20,23). The normalized spacial score (nSPS) is 10.0. The minimum Gasteiger partial charge on any atom is -0.366 e. The zero-order valence-electron chi connectivity index (χ0n) is 12.2. The third-order valence-corrected chi connectivity index (χ3v) is 3.47. The number of halogens is 1. The third kappa shape index (κ3) is 4.31. The Morgan fingerprint density at radius 3 is 1.96 bits per heavy atom. The van der Waals surface area contributed by atoms with Crippen LogP contribution < -0.4 is 16.4 Å². The molecule has 7 heteroatoms. The van der Waals surface area contributed by atoms with Crippen LogP contribution in [-0.2, 0) is 9.59 Å². The van der Waals surface area contributed by atoms with Gasteiger partial charge >= 0.3 is 11.8 Å². The lowest BCUT2D eigenvalue weighted by Gasteiger charge is -2.08. The van der Waals surface area contributed by atoms with Crippen molar-refractivity contribution >= 4 is 40.7 Å². The topological polar surface area (TPSA) is 101 Å². The number of aryl methyl sites for hydroxylation is 1. The Labute approximate surface area is 137 Å². The SMILES string of the molecule is Cc1ccc(NC(=O)C(=O)Nc2ccc(C(N)=O)cc2)cc1Cl. The Bertz CT molecular complexity index is 773. The summed E-state index contributed by atoms with van der Waals surface area (Å²) < 4.78 is 0. The Morgan fingerprint density at radius 1 is 0.913 bits per heavy atom. The van der Waals surface area contributed by atoms with Gasteiger partial charge < -0.3 is 16.4 Å². The van der Waals surface area contributed by atoms with Crippen molar-refractivity contribution in [3.63, 3.8) is 0 Å². The molecule has 3 amide bonds. The van der Waals surface area contributed by atoms with E-state index in [1.165, 1.54) is 24.3 Å². The number of amides is 3. The molecule has 0 unspecified atom stereocenters. The van der Waals surface area contributed by atoms with E-state index in [0.717, 1.165) is 5.56 Å². The Hall–Kier alpha value is -2.86. The summed E-state index contributed by atoms with van der Waals surface area (Å²) in [4.78, 5) is 34.6. The quantitative estimate of drug-likeness (QED) is 0.752. The maximum absolute atomic E-state index is 11.8. The molecule has 2 aromatic carbocycles.